The van der Waals surface area contributed by atoms with Crippen LogP contribution in [-0.2, 0) is 4.74 Å². The van der Waals surface area contributed by atoms with E-state index in [4.69, 9.17) is 4.74 Å². The van der Waals surface area contributed by atoms with Gasteiger partial charge in [-0.3, -0.25) is 0 Å². The van der Waals surface area contributed by atoms with Gasteiger partial charge < -0.3 is 14.6 Å². The number of nitrogens with one attached hydrogen (secondary N) is 1. The zero-order valence-corrected chi connectivity index (χ0v) is 13.2. The number of hydrogen-bond acceptors (Lipinski definition) is 3. The highest BCUT2D eigenvalue weighted by Crippen LogP contribution is 2.26. The van der Waals surface area contributed by atoms with Crippen molar-refractivity contribution in [3.8, 4) is 0 Å². The molecule has 4 nitrogen and oxygen atoms in total. The second-order valence-electron chi connectivity index (χ2n) is 6.14. The van der Waals surface area contributed by atoms with Gasteiger partial charge in [0.05, 0.1) is 18.3 Å². The first kappa shape index (κ1) is 15.4. The zero-order valence-electron chi connectivity index (χ0n) is 13.2. The number of rotatable bonds is 7. The second kappa shape index (κ2) is 7.67. The Morgan fingerprint density at radius 2 is 2.15 bits per heavy atom. The molecule has 1 aromatic heterocycles. The Bertz CT molecular complexity index is 396. The van der Waals surface area contributed by atoms with Gasteiger partial charge in [-0.1, -0.05) is 32.1 Å². The molecule has 0 aliphatic heterocycles. The number of aryl methyl sites for hydroxylation is 1. The fraction of sp³-hybridized carbons (Fsp3) is 0.812. The summed E-state index contributed by atoms with van der Waals surface area (Å²) in [5.41, 5.74) is 1.06. The fourth-order valence-electron chi connectivity index (χ4n) is 3.17. The van der Waals surface area contributed by atoms with E-state index < -0.39 is 0 Å². The predicted molar refractivity (Wildman–Crippen MR) is 83.2 cm³/mol. The van der Waals surface area contributed by atoms with Crippen LogP contribution in [0.5, 0.6) is 0 Å². The molecule has 1 aliphatic carbocycles. The van der Waals surface area contributed by atoms with Gasteiger partial charge in [0.1, 0.15) is 0 Å². The van der Waals surface area contributed by atoms with Crippen molar-refractivity contribution < 1.29 is 4.74 Å². The normalized spacial score (nSPS) is 18.1. The highest BCUT2D eigenvalue weighted by Gasteiger charge is 2.15. The first-order valence-electron chi connectivity index (χ1n) is 7.99. The SMILES string of the molecule is COCC(C)n1cc(C)nc1NCCC1CCCCC1. The van der Waals surface area contributed by atoms with E-state index in [1.165, 1.54) is 38.5 Å². The van der Waals surface area contributed by atoms with E-state index in [0.717, 1.165) is 24.1 Å². The molecule has 0 saturated heterocycles. The molecule has 0 aromatic carbocycles. The second-order valence-corrected chi connectivity index (χ2v) is 6.14. The minimum atomic E-state index is 0.318. The number of aromatic nitrogens is 2. The van der Waals surface area contributed by atoms with Gasteiger partial charge in [0.25, 0.3) is 0 Å². The molecule has 1 unspecified atom stereocenters. The fourth-order valence-corrected chi connectivity index (χ4v) is 3.17. The lowest BCUT2D eigenvalue weighted by molar-refractivity contribution is 0.163. The molecule has 0 radical (unpaired) electrons. The Hall–Kier alpha value is -1.03. The molecule has 1 aromatic rings. The van der Waals surface area contributed by atoms with Crippen LogP contribution in [0.15, 0.2) is 6.20 Å². The van der Waals surface area contributed by atoms with Crippen LogP contribution in [0.1, 0.15) is 57.2 Å². The van der Waals surface area contributed by atoms with E-state index in [1.54, 1.807) is 7.11 Å². The predicted octanol–water partition coefficient (Wildman–Crippen LogP) is 3.78. The van der Waals surface area contributed by atoms with Gasteiger partial charge in [0.15, 0.2) is 0 Å². The van der Waals surface area contributed by atoms with Gasteiger partial charge in [0, 0.05) is 19.9 Å². The van der Waals surface area contributed by atoms with Crippen molar-refractivity contribution in [2.24, 2.45) is 5.92 Å². The van der Waals surface area contributed by atoms with Crippen molar-refractivity contribution in [2.45, 2.75) is 58.4 Å². The molecule has 20 heavy (non-hydrogen) atoms. The molecule has 1 N–H and O–H groups in total. The third kappa shape index (κ3) is 4.23. The molecule has 0 spiro atoms. The molecule has 1 saturated carbocycles. The first-order valence-corrected chi connectivity index (χ1v) is 7.99. The number of methoxy groups -OCH3 is 1. The van der Waals surface area contributed by atoms with Crippen LogP contribution < -0.4 is 5.32 Å². The van der Waals surface area contributed by atoms with Crippen molar-refractivity contribution >= 4 is 5.95 Å². The van der Waals surface area contributed by atoms with Gasteiger partial charge in [-0.05, 0) is 26.2 Å². The smallest absolute Gasteiger partial charge is 0.203 e. The molecule has 1 atom stereocenters. The van der Waals surface area contributed by atoms with Crippen molar-refractivity contribution in [3.63, 3.8) is 0 Å². The Morgan fingerprint density at radius 3 is 2.85 bits per heavy atom. The Labute approximate surface area is 122 Å². The summed E-state index contributed by atoms with van der Waals surface area (Å²) in [5.74, 6) is 1.90. The van der Waals surface area contributed by atoms with Gasteiger partial charge in [-0.2, -0.15) is 0 Å². The van der Waals surface area contributed by atoms with Crippen molar-refractivity contribution in [2.75, 3.05) is 25.6 Å². The average Bonchev–Trinajstić information content (AvgIpc) is 2.81. The van der Waals surface area contributed by atoms with E-state index in [1.807, 2.05) is 6.92 Å². The monoisotopic (exact) mass is 279 g/mol. The maximum atomic E-state index is 5.25. The van der Waals surface area contributed by atoms with Gasteiger partial charge in [-0.15, -0.1) is 0 Å². The largest absolute Gasteiger partial charge is 0.383 e. The molecular formula is C16H29N3O. The molecule has 2 rings (SSSR count). The number of hydrogen-bond donors (Lipinski definition) is 1. The van der Waals surface area contributed by atoms with Crippen LogP contribution in [0.25, 0.3) is 0 Å². The minimum Gasteiger partial charge on any atom is -0.383 e. The summed E-state index contributed by atoms with van der Waals surface area (Å²) >= 11 is 0. The molecule has 0 bridgehead atoms. The topological polar surface area (TPSA) is 39.1 Å². The quantitative estimate of drug-likeness (QED) is 0.825. The Morgan fingerprint density at radius 1 is 1.40 bits per heavy atom. The Kier molecular flexibility index (Phi) is 5.89. The minimum absolute atomic E-state index is 0.318. The summed E-state index contributed by atoms with van der Waals surface area (Å²) in [7, 11) is 1.75. The van der Waals surface area contributed by atoms with E-state index >= 15 is 0 Å². The van der Waals surface area contributed by atoms with Gasteiger partial charge in [0.2, 0.25) is 5.95 Å². The van der Waals surface area contributed by atoms with Crippen LogP contribution in [0, 0.1) is 12.8 Å². The summed E-state index contributed by atoms with van der Waals surface area (Å²) in [6.45, 7) is 5.95. The third-order valence-corrected chi connectivity index (χ3v) is 4.30. The van der Waals surface area contributed by atoms with Gasteiger partial charge in [-0.25, -0.2) is 4.98 Å². The maximum Gasteiger partial charge on any atom is 0.203 e. The molecule has 1 aliphatic rings. The highest BCUT2D eigenvalue weighted by atomic mass is 16.5. The van der Waals surface area contributed by atoms with Crippen LogP contribution in [0.3, 0.4) is 0 Å². The van der Waals surface area contributed by atoms with Crippen LogP contribution in [0.4, 0.5) is 5.95 Å². The maximum absolute atomic E-state index is 5.25. The lowest BCUT2D eigenvalue weighted by Gasteiger charge is -2.22. The van der Waals surface area contributed by atoms with Gasteiger partial charge >= 0.3 is 0 Å². The first-order chi connectivity index (χ1) is 9.70. The number of ether oxygens (including phenoxy) is 1. The highest BCUT2D eigenvalue weighted by molar-refractivity contribution is 5.29. The van der Waals surface area contributed by atoms with Crippen molar-refractivity contribution in [3.05, 3.63) is 11.9 Å². The number of nitrogens with zero attached hydrogens (tertiary/aromatic N) is 2. The summed E-state index contributed by atoms with van der Waals surface area (Å²) in [4.78, 5) is 4.59. The summed E-state index contributed by atoms with van der Waals surface area (Å²) in [6.07, 6.45) is 10.5. The zero-order chi connectivity index (χ0) is 14.4. The van der Waals surface area contributed by atoms with E-state index in [-0.39, 0.29) is 0 Å². The van der Waals surface area contributed by atoms with Crippen LogP contribution >= 0.6 is 0 Å². The van der Waals surface area contributed by atoms with Crippen molar-refractivity contribution in [1.82, 2.24) is 9.55 Å². The van der Waals surface area contributed by atoms with Crippen molar-refractivity contribution in [1.29, 1.82) is 0 Å². The summed E-state index contributed by atoms with van der Waals surface area (Å²) < 4.78 is 7.44. The van der Waals surface area contributed by atoms with Crippen LogP contribution in [0.2, 0.25) is 0 Å². The summed E-state index contributed by atoms with van der Waals surface area (Å²) in [5, 5.41) is 3.52. The number of anilines is 1. The third-order valence-electron chi connectivity index (χ3n) is 4.30. The average molecular weight is 279 g/mol. The van der Waals surface area contributed by atoms with Crippen LogP contribution in [-0.4, -0.2) is 29.8 Å². The lowest BCUT2D eigenvalue weighted by atomic mass is 9.87. The molecular weight excluding hydrogens is 250 g/mol. The molecule has 0 amide bonds. The molecule has 1 fully saturated rings. The molecule has 114 valence electrons. The van der Waals surface area contributed by atoms with E-state index in [9.17, 15) is 0 Å². The van der Waals surface area contributed by atoms with E-state index in [0.29, 0.717) is 12.6 Å². The molecule has 4 heteroatoms. The molecule has 1 heterocycles. The number of imidazole rings is 1. The van der Waals surface area contributed by atoms with E-state index in [2.05, 4.69) is 28.0 Å². The Balaban J connectivity index is 1.85. The standard InChI is InChI=1S/C16H29N3O/c1-13-11-19(14(2)12-20-3)16(18-13)17-10-9-15-7-5-4-6-8-15/h11,14-15H,4-10,12H2,1-3H3,(H,17,18). The summed E-state index contributed by atoms with van der Waals surface area (Å²) in [6, 6.07) is 0.318. The lowest BCUT2D eigenvalue weighted by Crippen LogP contribution is -2.17.